The molecule has 0 saturated heterocycles. The molecule has 0 atom stereocenters. The molecule has 1 amide bonds. The summed E-state index contributed by atoms with van der Waals surface area (Å²) in [5.74, 6) is -0.291. The molecule has 0 unspecified atom stereocenters. The van der Waals surface area contributed by atoms with Crippen molar-refractivity contribution in [3.05, 3.63) is 88.5 Å². The first-order valence-corrected chi connectivity index (χ1v) is 9.99. The van der Waals surface area contributed by atoms with E-state index in [1.807, 2.05) is 48.5 Å². The molecule has 0 saturated carbocycles. The lowest BCUT2D eigenvalue weighted by molar-refractivity contribution is -0.385. The molecular formula is C22H17N3O4S. The Bertz CT molecular complexity index is 1170. The summed E-state index contributed by atoms with van der Waals surface area (Å²) in [5, 5.41) is 14.7. The normalized spacial score (nSPS) is 10.7. The van der Waals surface area contributed by atoms with Gasteiger partial charge in [0, 0.05) is 18.2 Å². The lowest BCUT2D eigenvalue weighted by Gasteiger charge is -2.08. The molecule has 1 aromatic heterocycles. The molecule has 0 radical (unpaired) electrons. The smallest absolute Gasteiger partial charge is 0.310 e. The average molecular weight is 419 g/mol. The lowest BCUT2D eigenvalue weighted by atomic mass is 10.1. The van der Waals surface area contributed by atoms with E-state index >= 15 is 0 Å². The van der Waals surface area contributed by atoms with E-state index in [4.69, 9.17) is 4.74 Å². The van der Waals surface area contributed by atoms with Crippen LogP contribution in [0.1, 0.15) is 5.56 Å². The quantitative estimate of drug-likeness (QED) is 0.350. The third kappa shape index (κ3) is 4.44. The first-order chi connectivity index (χ1) is 14.6. The monoisotopic (exact) mass is 419 g/mol. The molecular weight excluding hydrogens is 402 g/mol. The van der Waals surface area contributed by atoms with Crippen LogP contribution in [0.2, 0.25) is 0 Å². The van der Waals surface area contributed by atoms with Crippen LogP contribution in [0, 0.1) is 10.1 Å². The van der Waals surface area contributed by atoms with Gasteiger partial charge in [0.2, 0.25) is 0 Å². The highest BCUT2D eigenvalue weighted by atomic mass is 32.1. The fraction of sp³-hybridized carbons (Fsp3) is 0.0909. The van der Waals surface area contributed by atoms with Crippen LogP contribution in [0.4, 0.5) is 5.69 Å². The minimum absolute atomic E-state index is 0.0674. The van der Waals surface area contributed by atoms with Crippen LogP contribution in [0.3, 0.4) is 0 Å². The number of hydrogen-bond donors (Lipinski definition) is 1. The molecule has 0 fully saturated rings. The molecule has 0 spiro atoms. The molecule has 0 aliphatic rings. The maximum atomic E-state index is 12.0. The van der Waals surface area contributed by atoms with Crippen LogP contribution < -0.4 is 10.1 Å². The van der Waals surface area contributed by atoms with Gasteiger partial charge in [-0.15, -0.1) is 11.3 Å². The molecule has 3 aromatic carbocycles. The molecule has 4 rings (SSSR count). The van der Waals surface area contributed by atoms with E-state index in [0.717, 1.165) is 26.4 Å². The predicted octanol–water partition coefficient (Wildman–Crippen LogP) is 4.57. The van der Waals surface area contributed by atoms with Gasteiger partial charge in [-0.2, -0.15) is 0 Å². The maximum Gasteiger partial charge on any atom is 0.310 e. The molecule has 0 bridgehead atoms. The topological polar surface area (TPSA) is 94.4 Å². The average Bonchev–Trinajstić information content (AvgIpc) is 3.21. The van der Waals surface area contributed by atoms with Crippen molar-refractivity contribution >= 4 is 33.1 Å². The second kappa shape index (κ2) is 8.71. The summed E-state index contributed by atoms with van der Waals surface area (Å²) in [6.45, 7) is 0.0356. The number of amides is 1. The molecule has 7 nitrogen and oxygen atoms in total. The number of nitrogens with one attached hydrogen (secondary N) is 1. The largest absolute Gasteiger partial charge is 0.477 e. The minimum Gasteiger partial charge on any atom is -0.477 e. The van der Waals surface area contributed by atoms with Gasteiger partial charge in [-0.25, -0.2) is 4.98 Å². The van der Waals surface area contributed by atoms with Gasteiger partial charge in [0.05, 0.1) is 15.1 Å². The van der Waals surface area contributed by atoms with Gasteiger partial charge < -0.3 is 10.1 Å². The van der Waals surface area contributed by atoms with Gasteiger partial charge in [0.15, 0.2) is 12.4 Å². The number of hydrogen-bond acceptors (Lipinski definition) is 6. The molecule has 1 N–H and O–H groups in total. The summed E-state index contributed by atoms with van der Waals surface area (Å²) < 4.78 is 6.44. The number of para-hydroxylation sites is 3. The molecule has 150 valence electrons. The van der Waals surface area contributed by atoms with E-state index in [0.29, 0.717) is 6.54 Å². The van der Waals surface area contributed by atoms with Crippen molar-refractivity contribution in [3.63, 3.8) is 0 Å². The highest BCUT2D eigenvalue weighted by Crippen LogP contribution is 2.30. The fourth-order valence-electron chi connectivity index (χ4n) is 2.89. The van der Waals surface area contributed by atoms with Crippen LogP contribution in [0.25, 0.3) is 20.8 Å². The number of ether oxygens (including phenoxy) is 1. The molecule has 30 heavy (non-hydrogen) atoms. The maximum absolute atomic E-state index is 12.0. The number of benzene rings is 3. The third-order valence-electron chi connectivity index (χ3n) is 4.41. The van der Waals surface area contributed by atoms with Crippen LogP contribution >= 0.6 is 11.3 Å². The van der Waals surface area contributed by atoms with E-state index in [1.165, 1.54) is 12.1 Å². The SMILES string of the molecule is O=C(COc1ccccc1[N+](=O)[O-])NCc1ccc(-c2nc3ccccc3s2)cc1. The van der Waals surface area contributed by atoms with Gasteiger partial charge in [0.1, 0.15) is 5.01 Å². The number of carbonyl (C=O) groups is 1. The van der Waals surface area contributed by atoms with Crippen LogP contribution in [0.15, 0.2) is 72.8 Å². The zero-order valence-corrected chi connectivity index (χ0v) is 16.6. The summed E-state index contributed by atoms with van der Waals surface area (Å²) in [6, 6.07) is 21.8. The Labute approximate surface area is 176 Å². The molecule has 0 aliphatic carbocycles. The number of nitro benzene ring substituents is 1. The van der Waals surface area contributed by atoms with Gasteiger partial charge in [-0.05, 0) is 23.8 Å². The van der Waals surface area contributed by atoms with Gasteiger partial charge in [0.25, 0.3) is 5.91 Å². The summed E-state index contributed by atoms with van der Waals surface area (Å²) in [5.41, 5.74) is 2.76. The van der Waals surface area contributed by atoms with Crippen molar-refractivity contribution in [2.75, 3.05) is 6.61 Å². The van der Waals surface area contributed by atoms with Gasteiger partial charge >= 0.3 is 5.69 Å². The highest BCUT2D eigenvalue weighted by molar-refractivity contribution is 7.21. The van der Waals surface area contributed by atoms with Crippen LogP contribution in [0.5, 0.6) is 5.75 Å². The Morgan fingerprint density at radius 2 is 1.77 bits per heavy atom. The first kappa shape index (κ1) is 19.5. The number of rotatable bonds is 7. The number of carbonyl (C=O) groups excluding carboxylic acids is 1. The van der Waals surface area contributed by atoms with E-state index in [9.17, 15) is 14.9 Å². The zero-order chi connectivity index (χ0) is 20.9. The van der Waals surface area contributed by atoms with Crippen LogP contribution in [-0.4, -0.2) is 22.4 Å². The number of thiazole rings is 1. The Kier molecular flexibility index (Phi) is 5.67. The summed E-state index contributed by atoms with van der Waals surface area (Å²) >= 11 is 1.64. The Hall–Kier alpha value is -3.78. The fourth-order valence-corrected chi connectivity index (χ4v) is 3.86. The standard InChI is InChI=1S/C22H17N3O4S/c26-21(14-29-19-7-3-2-6-18(19)25(27)28)23-13-15-9-11-16(12-10-15)22-24-17-5-1-4-8-20(17)30-22/h1-12H,13-14H2,(H,23,26). The number of nitrogens with zero attached hydrogens (tertiary/aromatic N) is 2. The highest BCUT2D eigenvalue weighted by Gasteiger charge is 2.14. The van der Waals surface area contributed by atoms with E-state index in [1.54, 1.807) is 23.5 Å². The van der Waals surface area contributed by atoms with E-state index < -0.39 is 4.92 Å². The molecule has 0 aliphatic heterocycles. The van der Waals surface area contributed by atoms with Crippen molar-refractivity contribution in [2.24, 2.45) is 0 Å². The third-order valence-corrected chi connectivity index (χ3v) is 5.49. The predicted molar refractivity (Wildman–Crippen MR) is 115 cm³/mol. The lowest BCUT2D eigenvalue weighted by Crippen LogP contribution is -2.28. The molecule has 1 heterocycles. The first-order valence-electron chi connectivity index (χ1n) is 9.18. The van der Waals surface area contributed by atoms with Crippen LogP contribution in [-0.2, 0) is 11.3 Å². The Balaban J connectivity index is 1.33. The minimum atomic E-state index is -0.541. The van der Waals surface area contributed by atoms with Gasteiger partial charge in [-0.3, -0.25) is 14.9 Å². The zero-order valence-electron chi connectivity index (χ0n) is 15.8. The second-order valence-electron chi connectivity index (χ2n) is 6.47. The van der Waals surface area contributed by atoms with Crippen molar-refractivity contribution in [2.45, 2.75) is 6.54 Å². The number of aromatic nitrogens is 1. The van der Waals surface area contributed by atoms with E-state index in [2.05, 4.69) is 10.3 Å². The van der Waals surface area contributed by atoms with Crippen molar-refractivity contribution in [1.29, 1.82) is 0 Å². The number of fused-ring (bicyclic) bond motifs is 1. The van der Waals surface area contributed by atoms with Crippen molar-refractivity contribution in [1.82, 2.24) is 10.3 Å². The second-order valence-corrected chi connectivity index (χ2v) is 7.50. The molecule has 8 heteroatoms. The Morgan fingerprint density at radius 1 is 1.03 bits per heavy atom. The van der Waals surface area contributed by atoms with E-state index in [-0.39, 0.29) is 24.0 Å². The summed E-state index contributed by atoms with van der Waals surface area (Å²) in [6.07, 6.45) is 0. The summed E-state index contributed by atoms with van der Waals surface area (Å²) in [7, 11) is 0. The van der Waals surface area contributed by atoms with Crippen molar-refractivity contribution < 1.29 is 14.5 Å². The van der Waals surface area contributed by atoms with Crippen molar-refractivity contribution in [3.8, 4) is 16.3 Å². The van der Waals surface area contributed by atoms with Gasteiger partial charge in [-0.1, -0.05) is 48.5 Å². The number of nitro groups is 1. The molecule has 4 aromatic rings. The summed E-state index contributed by atoms with van der Waals surface area (Å²) in [4.78, 5) is 27.1. The Morgan fingerprint density at radius 3 is 2.53 bits per heavy atom.